The summed E-state index contributed by atoms with van der Waals surface area (Å²) in [6.45, 7) is 0. The fourth-order valence-electron chi connectivity index (χ4n) is 2.66. The Bertz CT molecular complexity index is 839. The summed E-state index contributed by atoms with van der Waals surface area (Å²) in [5.41, 5.74) is 3.12. The Labute approximate surface area is 133 Å². The van der Waals surface area contributed by atoms with Gasteiger partial charge in [0, 0.05) is 10.7 Å². The molecule has 1 N–H and O–H groups in total. The molecule has 108 valence electrons. The first kappa shape index (κ1) is 13.1. The highest BCUT2D eigenvalue weighted by Gasteiger charge is 2.24. The zero-order valence-electron chi connectivity index (χ0n) is 11.6. The van der Waals surface area contributed by atoms with Crippen molar-refractivity contribution in [2.45, 2.75) is 6.04 Å². The van der Waals surface area contributed by atoms with Crippen LogP contribution >= 0.6 is 11.6 Å². The maximum absolute atomic E-state index is 6.37. The van der Waals surface area contributed by atoms with Crippen LogP contribution in [0.15, 0.2) is 67.0 Å². The molecule has 4 rings (SSSR count). The molecule has 1 aliphatic heterocycles. The van der Waals surface area contributed by atoms with Crippen LogP contribution in [0.3, 0.4) is 0 Å². The molecule has 1 aromatic heterocycles. The summed E-state index contributed by atoms with van der Waals surface area (Å²) in [6.07, 6.45) is 3.67. The van der Waals surface area contributed by atoms with Gasteiger partial charge in [-0.25, -0.2) is 4.68 Å². The minimum Gasteiger partial charge on any atom is -0.324 e. The number of anilines is 1. The van der Waals surface area contributed by atoms with Crippen LogP contribution in [0.4, 0.5) is 5.95 Å². The van der Waals surface area contributed by atoms with Gasteiger partial charge in [-0.3, -0.25) is 0 Å². The molecule has 1 aliphatic rings. The molecule has 0 spiro atoms. The zero-order chi connectivity index (χ0) is 14.9. The molecule has 5 heteroatoms. The molecule has 3 aromatic rings. The van der Waals surface area contributed by atoms with Crippen molar-refractivity contribution in [1.29, 1.82) is 0 Å². The van der Waals surface area contributed by atoms with Crippen molar-refractivity contribution in [2.75, 3.05) is 5.32 Å². The predicted molar refractivity (Wildman–Crippen MR) is 87.7 cm³/mol. The second-order valence-electron chi connectivity index (χ2n) is 5.07. The molecule has 0 saturated heterocycles. The molecular weight excluding hydrogens is 296 g/mol. The lowest BCUT2D eigenvalue weighted by Gasteiger charge is -2.25. The van der Waals surface area contributed by atoms with Crippen LogP contribution < -0.4 is 5.32 Å². The van der Waals surface area contributed by atoms with E-state index in [1.54, 1.807) is 6.33 Å². The van der Waals surface area contributed by atoms with Gasteiger partial charge >= 0.3 is 0 Å². The lowest BCUT2D eigenvalue weighted by atomic mass is 10.0. The summed E-state index contributed by atoms with van der Waals surface area (Å²) >= 11 is 6.37. The SMILES string of the molecule is Clc1ccccc1C1C=C(c2ccccc2)Nc2ncnn21. The molecule has 0 aliphatic carbocycles. The fourth-order valence-corrected chi connectivity index (χ4v) is 2.90. The molecule has 0 bridgehead atoms. The van der Waals surface area contributed by atoms with Crippen LogP contribution in [0.2, 0.25) is 5.02 Å². The molecule has 1 unspecified atom stereocenters. The topological polar surface area (TPSA) is 42.7 Å². The number of allylic oxidation sites excluding steroid dienone is 1. The van der Waals surface area contributed by atoms with E-state index in [2.05, 4.69) is 33.6 Å². The number of nitrogens with zero attached hydrogens (tertiary/aromatic N) is 3. The van der Waals surface area contributed by atoms with Gasteiger partial charge in [-0.15, -0.1) is 0 Å². The average molecular weight is 309 g/mol. The van der Waals surface area contributed by atoms with E-state index in [4.69, 9.17) is 11.6 Å². The first-order valence-electron chi connectivity index (χ1n) is 7.01. The number of benzene rings is 2. The Balaban J connectivity index is 1.86. The normalized spacial score (nSPS) is 16.6. The largest absolute Gasteiger partial charge is 0.324 e. The van der Waals surface area contributed by atoms with E-state index in [9.17, 15) is 0 Å². The summed E-state index contributed by atoms with van der Waals surface area (Å²) in [6, 6.07) is 17.9. The second-order valence-corrected chi connectivity index (χ2v) is 5.47. The van der Waals surface area contributed by atoms with Crippen LogP contribution in [-0.2, 0) is 0 Å². The van der Waals surface area contributed by atoms with Crippen LogP contribution in [0.1, 0.15) is 17.2 Å². The van der Waals surface area contributed by atoms with Gasteiger partial charge in [0.25, 0.3) is 0 Å². The van der Waals surface area contributed by atoms with Crippen molar-refractivity contribution in [2.24, 2.45) is 0 Å². The zero-order valence-corrected chi connectivity index (χ0v) is 12.4. The van der Waals surface area contributed by atoms with Crippen molar-refractivity contribution < 1.29 is 0 Å². The average Bonchev–Trinajstić information content (AvgIpc) is 3.04. The molecule has 1 atom stereocenters. The number of rotatable bonds is 2. The molecule has 22 heavy (non-hydrogen) atoms. The van der Waals surface area contributed by atoms with E-state index in [-0.39, 0.29) is 6.04 Å². The smallest absolute Gasteiger partial charge is 0.226 e. The molecule has 2 heterocycles. The van der Waals surface area contributed by atoms with Crippen LogP contribution in [0.5, 0.6) is 0 Å². The van der Waals surface area contributed by atoms with Crippen LogP contribution in [-0.4, -0.2) is 14.8 Å². The lowest BCUT2D eigenvalue weighted by molar-refractivity contribution is 0.612. The van der Waals surface area contributed by atoms with Crippen molar-refractivity contribution >= 4 is 23.2 Å². The lowest BCUT2D eigenvalue weighted by Crippen LogP contribution is -2.20. The quantitative estimate of drug-likeness (QED) is 0.778. The summed E-state index contributed by atoms with van der Waals surface area (Å²) in [7, 11) is 0. The van der Waals surface area contributed by atoms with Gasteiger partial charge in [0.05, 0.1) is 0 Å². The predicted octanol–water partition coefficient (Wildman–Crippen LogP) is 3.99. The summed E-state index contributed by atoms with van der Waals surface area (Å²) in [5, 5.41) is 8.37. The van der Waals surface area contributed by atoms with Crippen molar-refractivity contribution in [1.82, 2.24) is 14.8 Å². The first-order chi connectivity index (χ1) is 10.8. The maximum Gasteiger partial charge on any atom is 0.226 e. The first-order valence-corrected chi connectivity index (χ1v) is 7.39. The van der Waals surface area contributed by atoms with E-state index in [0.717, 1.165) is 21.8 Å². The van der Waals surface area contributed by atoms with E-state index < -0.39 is 0 Å². The third-order valence-electron chi connectivity index (χ3n) is 3.72. The number of aromatic nitrogens is 3. The minimum atomic E-state index is -0.0809. The van der Waals surface area contributed by atoms with Gasteiger partial charge in [0.15, 0.2) is 0 Å². The van der Waals surface area contributed by atoms with Gasteiger partial charge in [-0.1, -0.05) is 60.1 Å². The number of nitrogens with one attached hydrogen (secondary N) is 1. The third-order valence-corrected chi connectivity index (χ3v) is 4.06. The van der Waals surface area contributed by atoms with Gasteiger partial charge in [-0.2, -0.15) is 10.1 Å². The van der Waals surface area contributed by atoms with Crippen molar-refractivity contribution in [3.63, 3.8) is 0 Å². The third kappa shape index (κ3) is 2.18. The molecular formula is C17H13ClN4. The maximum atomic E-state index is 6.37. The van der Waals surface area contributed by atoms with Gasteiger partial charge in [0.1, 0.15) is 12.4 Å². The minimum absolute atomic E-state index is 0.0809. The summed E-state index contributed by atoms with van der Waals surface area (Å²) < 4.78 is 1.84. The van der Waals surface area contributed by atoms with E-state index in [1.165, 1.54) is 0 Å². The molecule has 0 fully saturated rings. The number of fused-ring (bicyclic) bond motifs is 1. The van der Waals surface area contributed by atoms with Crippen molar-refractivity contribution in [3.05, 3.63) is 83.2 Å². The summed E-state index contributed by atoms with van der Waals surface area (Å²) in [5.74, 6) is 0.714. The Kier molecular flexibility index (Phi) is 3.16. The number of halogens is 1. The Morgan fingerprint density at radius 3 is 2.59 bits per heavy atom. The monoisotopic (exact) mass is 308 g/mol. The van der Waals surface area contributed by atoms with Crippen LogP contribution in [0, 0.1) is 0 Å². The molecule has 4 nitrogen and oxygen atoms in total. The Hall–Kier alpha value is -2.59. The van der Waals surface area contributed by atoms with Gasteiger partial charge in [0.2, 0.25) is 5.95 Å². The standard InChI is InChI=1S/C17H13ClN4/c18-14-9-5-4-8-13(14)16-10-15(12-6-2-1-3-7-12)21-17-19-11-20-22(16)17/h1-11,16H,(H,19,20,21). The Morgan fingerprint density at radius 1 is 1.00 bits per heavy atom. The number of hydrogen-bond acceptors (Lipinski definition) is 3. The molecule has 2 aromatic carbocycles. The van der Waals surface area contributed by atoms with E-state index in [0.29, 0.717) is 5.95 Å². The fraction of sp³-hybridized carbons (Fsp3) is 0.0588. The highest BCUT2D eigenvalue weighted by molar-refractivity contribution is 6.31. The second kappa shape index (κ2) is 5.31. The molecule has 0 radical (unpaired) electrons. The van der Waals surface area contributed by atoms with E-state index in [1.807, 2.05) is 47.1 Å². The van der Waals surface area contributed by atoms with Crippen LogP contribution in [0.25, 0.3) is 5.70 Å². The van der Waals surface area contributed by atoms with Gasteiger partial charge in [-0.05, 0) is 23.3 Å². The molecule has 0 amide bonds. The van der Waals surface area contributed by atoms with Gasteiger partial charge < -0.3 is 5.32 Å². The Morgan fingerprint density at radius 2 is 1.77 bits per heavy atom. The number of hydrogen-bond donors (Lipinski definition) is 1. The van der Waals surface area contributed by atoms with E-state index >= 15 is 0 Å². The molecule has 0 saturated carbocycles. The highest BCUT2D eigenvalue weighted by Crippen LogP contribution is 2.34. The highest BCUT2D eigenvalue weighted by atomic mass is 35.5. The van der Waals surface area contributed by atoms with Crippen molar-refractivity contribution in [3.8, 4) is 0 Å². The summed E-state index contributed by atoms with van der Waals surface area (Å²) in [4.78, 5) is 4.29.